The minimum absolute atomic E-state index is 0.108. The van der Waals surface area contributed by atoms with Crippen LogP contribution < -0.4 is 5.32 Å². The van der Waals surface area contributed by atoms with Crippen LogP contribution in [0.2, 0.25) is 0 Å². The molecule has 0 radical (unpaired) electrons. The fourth-order valence-electron chi connectivity index (χ4n) is 3.38. The Morgan fingerprint density at radius 2 is 1.89 bits per heavy atom. The SMILES string of the molecule is CCCCCC[C@@](O)(C/C=C\CCCCCCCC(=O)OC)N1C=CNC1. The molecule has 156 valence electrons. The van der Waals surface area contributed by atoms with Gasteiger partial charge in [0.2, 0.25) is 0 Å². The number of nitrogens with zero attached hydrogens (tertiary/aromatic N) is 1. The number of ether oxygens (including phenoxy) is 1. The van der Waals surface area contributed by atoms with E-state index < -0.39 is 5.72 Å². The van der Waals surface area contributed by atoms with Crippen LogP contribution in [0.4, 0.5) is 0 Å². The molecule has 0 aromatic rings. The molecule has 0 saturated carbocycles. The summed E-state index contributed by atoms with van der Waals surface area (Å²) in [4.78, 5) is 13.0. The molecule has 1 heterocycles. The zero-order valence-corrected chi connectivity index (χ0v) is 17.4. The van der Waals surface area contributed by atoms with Crippen molar-refractivity contribution >= 4 is 5.97 Å². The van der Waals surface area contributed by atoms with Gasteiger partial charge in [0.25, 0.3) is 0 Å². The van der Waals surface area contributed by atoms with Gasteiger partial charge >= 0.3 is 5.97 Å². The van der Waals surface area contributed by atoms with Crippen LogP contribution in [0.3, 0.4) is 0 Å². The topological polar surface area (TPSA) is 61.8 Å². The molecule has 0 amide bonds. The van der Waals surface area contributed by atoms with Crippen molar-refractivity contribution in [2.45, 2.75) is 96.1 Å². The van der Waals surface area contributed by atoms with E-state index >= 15 is 0 Å². The standard InChI is InChI=1S/C22H40N2O3/c1-3-4-5-13-16-22(26,24-19-18-23-20-24)17-14-11-9-7-6-8-10-12-15-21(25)27-2/h11,14,18-19,23,26H,3-10,12-13,15-17,20H2,1-2H3/b14-11-/t22-/m1/s1. The fraction of sp³-hybridized carbons (Fsp3) is 0.773. The van der Waals surface area contributed by atoms with Gasteiger partial charge in [-0.05, 0) is 32.1 Å². The Labute approximate surface area is 165 Å². The van der Waals surface area contributed by atoms with E-state index in [2.05, 4.69) is 29.1 Å². The third kappa shape index (κ3) is 10.4. The second-order valence-corrected chi connectivity index (χ2v) is 7.50. The maximum Gasteiger partial charge on any atom is 0.305 e. The normalized spacial score (nSPS) is 15.9. The first-order valence-corrected chi connectivity index (χ1v) is 10.7. The van der Waals surface area contributed by atoms with Gasteiger partial charge in [0.05, 0.1) is 13.8 Å². The number of carbonyl (C=O) groups is 1. The van der Waals surface area contributed by atoms with Gasteiger partial charge in [-0.15, -0.1) is 0 Å². The molecule has 0 bridgehead atoms. The third-order valence-electron chi connectivity index (χ3n) is 5.19. The molecule has 1 atom stereocenters. The molecule has 5 nitrogen and oxygen atoms in total. The van der Waals surface area contributed by atoms with Crippen molar-refractivity contribution in [2.24, 2.45) is 0 Å². The molecule has 0 saturated heterocycles. The van der Waals surface area contributed by atoms with Crippen LogP contribution in [0.1, 0.15) is 90.4 Å². The summed E-state index contributed by atoms with van der Waals surface area (Å²) >= 11 is 0. The first-order valence-electron chi connectivity index (χ1n) is 10.7. The van der Waals surface area contributed by atoms with Crippen molar-refractivity contribution in [1.29, 1.82) is 0 Å². The highest BCUT2D eigenvalue weighted by atomic mass is 16.5. The lowest BCUT2D eigenvalue weighted by Crippen LogP contribution is -2.46. The minimum atomic E-state index is -0.780. The van der Waals surface area contributed by atoms with Crippen LogP contribution in [-0.4, -0.2) is 35.5 Å². The first-order chi connectivity index (χ1) is 13.1. The predicted molar refractivity (Wildman–Crippen MR) is 111 cm³/mol. The van der Waals surface area contributed by atoms with Crippen molar-refractivity contribution in [2.75, 3.05) is 13.8 Å². The Bertz CT molecular complexity index is 451. The average Bonchev–Trinajstić information content (AvgIpc) is 3.22. The number of methoxy groups -OCH3 is 1. The summed E-state index contributed by atoms with van der Waals surface area (Å²) in [5.41, 5.74) is -0.780. The van der Waals surface area contributed by atoms with Crippen molar-refractivity contribution in [3.63, 3.8) is 0 Å². The Hall–Kier alpha value is -1.49. The quantitative estimate of drug-likeness (QED) is 0.228. The minimum Gasteiger partial charge on any atom is -0.469 e. The Morgan fingerprint density at radius 1 is 1.15 bits per heavy atom. The van der Waals surface area contributed by atoms with E-state index in [1.807, 2.05) is 17.3 Å². The monoisotopic (exact) mass is 380 g/mol. The number of allylic oxidation sites excluding steroid dienone is 1. The van der Waals surface area contributed by atoms with E-state index in [0.717, 1.165) is 44.9 Å². The summed E-state index contributed by atoms with van der Waals surface area (Å²) in [5, 5.41) is 14.3. The lowest BCUT2D eigenvalue weighted by Gasteiger charge is -2.36. The van der Waals surface area contributed by atoms with Crippen LogP contribution in [-0.2, 0) is 9.53 Å². The lowest BCUT2D eigenvalue weighted by molar-refractivity contribution is -0.140. The number of aliphatic hydroxyl groups is 1. The number of unbranched alkanes of at least 4 members (excludes halogenated alkanes) is 8. The van der Waals surface area contributed by atoms with Crippen molar-refractivity contribution in [3.8, 4) is 0 Å². The average molecular weight is 381 g/mol. The number of hydrogen-bond acceptors (Lipinski definition) is 5. The number of hydrogen-bond donors (Lipinski definition) is 2. The van der Waals surface area contributed by atoms with E-state index in [0.29, 0.717) is 19.5 Å². The molecular formula is C22H40N2O3. The van der Waals surface area contributed by atoms with Gasteiger partial charge in [-0.1, -0.05) is 57.6 Å². The Kier molecular flexibility index (Phi) is 12.7. The smallest absolute Gasteiger partial charge is 0.305 e. The summed E-state index contributed by atoms with van der Waals surface area (Å²) in [6, 6.07) is 0. The molecular weight excluding hydrogens is 340 g/mol. The molecule has 1 aliphatic rings. The second kappa shape index (κ2) is 14.6. The van der Waals surface area contributed by atoms with Crippen LogP contribution in [0, 0.1) is 0 Å². The molecule has 2 N–H and O–H groups in total. The number of esters is 1. The van der Waals surface area contributed by atoms with Gasteiger partial charge in [-0.2, -0.15) is 0 Å². The second-order valence-electron chi connectivity index (χ2n) is 7.50. The van der Waals surface area contributed by atoms with Crippen LogP contribution in [0.15, 0.2) is 24.6 Å². The van der Waals surface area contributed by atoms with E-state index in [4.69, 9.17) is 0 Å². The summed E-state index contributed by atoms with van der Waals surface area (Å²) in [5.74, 6) is -0.108. The van der Waals surface area contributed by atoms with Gasteiger partial charge in [-0.3, -0.25) is 4.79 Å². The summed E-state index contributed by atoms with van der Waals surface area (Å²) in [6.45, 7) is 2.89. The molecule has 1 aliphatic heterocycles. The summed E-state index contributed by atoms with van der Waals surface area (Å²) in [6.07, 6.45) is 21.5. The summed E-state index contributed by atoms with van der Waals surface area (Å²) < 4.78 is 4.64. The van der Waals surface area contributed by atoms with Crippen molar-refractivity contribution in [3.05, 3.63) is 24.6 Å². The van der Waals surface area contributed by atoms with E-state index in [9.17, 15) is 9.90 Å². The molecule has 5 heteroatoms. The van der Waals surface area contributed by atoms with Crippen molar-refractivity contribution < 1.29 is 14.6 Å². The highest BCUT2D eigenvalue weighted by molar-refractivity contribution is 5.68. The molecule has 0 fully saturated rings. The zero-order chi connectivity index (χ0) is 19.8. The third-order valence-corrected chi connectivity index (χ3v) is 5.19. The fourth-order valence-corrected chi connectivity index (χ4v) is 3.38. The number of carbonyl (C=O) groups excluding carboxylic acids is 1. The van der Waals surface area contributed by atoms with E-state index in [1.54, 1.807) is 0 Å². The molecule has 27 heavy (non-hydrogen) atoms. The van der Waals surface area contributed by atoms with E-state index in [1.165, 1.54) is 32.8 Å². The van der Waals surface area contributed by atoms with Gasteiger partial charge in [-0.25, -0.2) is 0 Å². The Balaban J connectivity index is 2.19. The number of rotatable bonds is 16. The Morgan fingerprint density at radius 3 is 2.59 bits per heavy atom. The van der Waals surface area contributed by atoms with Crippen LogP contribution in [0.5, 0.6) is 0 Å². The molecule has 0 aromatic heterocycles. The first kappa shape index (κ1) is 23.5. The lowest BCUT2D eigenvalue weighted by atomic mass is 9.98. The number of nitrogens with one attached hydrogen (secondary N) is 1. The highest BCUT2D eigenvalue weighted by Crippen LogP contribution is 2.26. The molecule has 0 unspecified atom stereocenters. The zero-order valence-electron chi connectivity index (χ0n) is 17.4. The molecule has 0 aliphatic carbocycles. The van der Waals surface area contributed by atoms with E-state index in [-0.39, 0.29) is 5.97 Å². The van der Waals surface area contributed by atoms with Crippen LogP contribution >= 0.6 is 0 Å². The van der Waals surface area contributed by atoms with Crippen LogP contribution in [0.25, 0.3) is 0 Å². The van der Waals surface area contributed by atoms with Gasteiger partial charge in [0.1, 0.15) is 5.72 Å². The molecule has 0 aromatic carbocycles. The summed E-state index contributed by atoms with van der Waals surface area (Å²) in [7, 11) is 1.44. The van der Waals surface area contributed by atoms with Crippen molar-refractivity contribution in [1.82, 2.24) is 10.2 Å². The molecule has 0 spiro atoms. The van der Waals surface area contributed by atoms with Gasteiger partial charge in [0, 0.05) is 25.2 Å². The molecule has 1 rings (SSSR count). The maximum atomic E-state index is 11.1. The maximum absolute atomic E-state index is 11.1. The predicted octanol–water partition coefficient (Wildman–Crippen LogP) is 4.83. The van der Waals surface area contributed by atoms with Gasteiger partial charge in [0.15, 0.2) is 0 Å². The largest absolute Gasteiger partial charge is 0.469 e. The highest BCUT2D eigenvalue weighted by Gasteiger charge is 2.31. The van der Waals surface area contributed by atoms with Gasteiger partial charge < -0.3 is 20.1 Å².